The van der Waals surface area contributed by atoms with Crippen LogP contribution in [0.4, 0.5) is 13.2 Å². The number of nitrogens with one attached hydrogen (secondary N) is 1. The highest BCUT2D eigenvalue weighted by molar-refractivity contribution is 5.82. The van der Waals surface area contributed by atoms with Crippen molar-refractivity contribution in [3.63, 3.8) is 0 Å². The Hall–Kier alpha value is -1.72. The van der Waals surface area contributed by atoms with Crippen molar-refractivity contribution < 1.29 is 22.7 Å². The molecule has 1 aromatic rings. The van der Waals surface area contributed by atoms with Crippen molar-refractivity contribution in [2.24, 2.45) is 0 Å². The molecule has 1 aromatic carbocycles. The van der Waals surface area contributed by atoms with E-state index in [1.165, 1.54) is 7.11 Å². The number of carbonyl (C=O) groups excluding carboxylic acids is 1. The molecular formula is C18H26F3NO2. The molecule has 0 aliphatic heterocycles. The van der Waals surface area contributed by atoms with Crippen LogP contribution in [0.1, 0.15) is 57.9 Å². The van der Waals surface area contributed by atoms with E-state index in [2.05, 4.69) is 5.32 Å². The molecule has 0 heterocycles. The second-order valence-electron chi connectivity index (χ2n) is 5.97. The van der Waals surface area contributed by atoms with Crippen molar-refractivity contribution in [1.82, 2.24) is 5.32 Å². The van der Waals surface area contributed by atoms with Crippen molar-refractivity contribution in [2.45, 2.75) is 64.1 Å². The lowest BCUT2D eigenvalue weighted by atomic mass is 9.80. The summed E-state index contributed by atoms with van der Waals surface area (Å²) in [6.45, 7) is 3.95. The minimum absolute atomic E-state index is 0.470. The van der Waals surface area contributed by atoms with Crippen LogP contribution in [0, 0.1) is 0 Å². The fourth-order valence-electron chi connectivity index (χ4n) is 2.77. The minimum atomic E-state index is -4.89. The maximum absolute atomic E-state index is 12.8. The molecule has 1 N–H and O–H groups in total. The number of amides is 1. The third-order valence-corrected chi connectivity index (χ3v) is 4.17. The SMILES string of the molecule is CCCCC(CCCC)(NC(=O)C(F)(F)F)c1ccc(OC)cc1. The second-order valence-corrected chi connectivity index (χ2v) is 5.97. The fraction of sp³-hybridized carbons (Fsp3) is 0.611. The summed E-state index contributed by atoms with van der Waals surface area (Å²) in [5.74, 6) is -1.26. The van der Waals surface area contributed by atoms with Gasteiger partial charge in [0.05, 0.1) is 12.6 Å². The first-order valence-electron chi connectivity index (χ1n) is 8.33. The molecule has 24 heavy (non-hydrogen) atoms. The molecule has 136 valence electrons. The quantitative estimate of drug-likeness (QED) is 0.688. The lowest BCUT2D eigenvalue weighted by Crippen LogP contribution is -2.50. The van der Waals surface area contributed by atoms with Crippen molar-refractivity contribution in [3.05, 3.63) is 29.8 Å². The van der Waals surface area contributed by atoms with Crippen molar-refractivity contribution in [1.29, 1.82) is 0 Å². The van der Waals surface area contributed by atoms with Gasteiger partial charge in [0, 0.05) is 0 Å². The van der Waals surface area contributed by atoms with E-state index in [1.54, 1.807) is 24.3 Å². The number of benzene rings is 1. The van der Waals surface area contributed by atoms with Crippen LogP contribution in [0.5, 0.6) is 5.75 Å². The van der Waals surface area contributed by atoms with Gasteiger partial charge in [-0.15, -0.1) is 0 Å². The van der Waals surface area contributed by atoms with Gasteiger partial charge in [0.15, 0.2) is 0 Å². The number of alkyl halides is 3. The number of methoxy groups -OCH3 is 1. The first-order chi connectivity index (χ1) is 11.3. The topological polar surface area (TPSA) is 38.3 Å². The van der Waals surface area contributed by atoms with Gasteiger partial charge in [0.2, 0.25) is 0 Å². The van der Waals surface area contributed by atoms with Crippen LogP contribution in [-0.2, 0) is 10.3 Å². The van der Waals surface area contributed by atoms with Gasteiger partial charge in [-0.25, -0.2) is 0 Å². The summed E-state index contributed by atoms with van der Waals surface area (Å²) < 4.78 is 43.6. The summed E-state index contributed by atoms with van der Waals surface area (Å²) in [6, 6.07) is 6.89. The molecule has 0 aliphatic rings. The summed E-state index contributed by atoms with van der Waals surface area (Å²) in [7, 11) is 1.53. The minimum Gasteiger partial charge on any atom is -0.497 e. The monoisotopic (exact) mass is 345 g/mol. The molecule has 0 bridgehead atoms. The lowest BCUT2D eigenvalue weighted by molar-refractivity contribution is -0.176. The molecule has 6 heteroatoms. The number of unbranched alkanes of at least 4 members (excludes halogenated alkanes) is 2. The van der Waals surface area contributed by atoms with E-state index >= 15 is 0 Å². The molecule has 0 spiro atoms. The van der Waals surface area contributed by atoms with Gasteiger partial charge in [-0.2, -0.15) is 13.2 Å². The van der Waals surface area contributed by atoms with Crippen LogP contribution >= 0.6 is 0 Å². The molecule has 0 radical (unpaired) electrons. The van der Waals surface area contributed by atoms with Gasteiger partial charge in [-0.3, -0.25) is 4.79 Å². The molecular weight excluding hydrogens is 319 g/mol. The maximum atomic E-state index is 12.8. The molecule has 3 nitrogen and oxygen atoms in total. The van der Waals surface area contributed by atoms with Crippen molar-refractivity contribution in [3.8, 4) is 5.75 Å². The third kappa shape index (κ3) is 5.42. The first-order valence-corrected chi connectivity index (χ1v) is 8.33. The molecule has 0 fully saturated rings. The van der Waals surface area contributed by atoms with E-state index in [9.17, 15) is 18.0 Å². The molecule has 0 atom stereocenters. The lowest BCUT2D eigenvalue weighted by Gasteiger charge is -2.36. The average molecular weight is 345 g/mol. The number of hydrogen-bond donors (Lipinski definition) is 1. The molecule has 0 unspecified atom stereocenters. The standard InChI is InChI=1S/C18H26F3NO2/c1-4-6-12-17(13-7-5-2,22-16(23)18(19,20)21)14-8-10-15(24-3)11-9-14/h8-11H,4-7,12-13H2,1-3H3,(H,22,23). The summed E-state index contributed by atoms with van der Waals surface area (Å²) in [6.07, 6.45) is -0.814. The van der Waals surface area contributed by atoms with E-state index < -0.39 is 17.6 Å². The number of rotatable bonds is 9. The molecule has 0 saturated carbocycles. The van der Waals surface area contributed by atoms with Gasteiger partial charge in [0.25, 0.3) is 0 Å². The molecule has 0 aromatic heterocycles. The summed E-state index contributed by atoms with van der Waals surface area (Å²) in [4.78, 5) is 11.6. The fourth-order valence-corrected chi connectivity index (χ4v) is 2.77. The van der Waals surface area contributed by atoms with E-state index in [0.29, 0.717) is 24.2 Å². The number of halogens is 3. The Morgan fingerprint density at radius 3 is 1.92 bits per heavy atom. The highest BCUT2D eigenvalue weighted by Gasteiger charge is 2.44. The predicted octanol–water partition coefficient (Wildman–Crippen LogP) is 4.95. The summed E-state index contributed by atoms with van der Waals surface area (Å²) in [5.41, 5.74) is -0.326. The van der Waals surface area contributed by atoms with Gasteiger partial charge >= 0.3 is 12.1 Å². The van der Waals surface area contributed by atoms with Gasteiger partial charge in [0.1, 0.15) is 5.75 Å². The third-order valence-electron chi connectivity index (χ3n) is 4.17. The smallest absolute Gasteiger partial charge is 0.471 e. The molecule has 1 amide bonds. The van der Waals surface area contributed by atoms with E-state index in [1.807, 2.05) is 13.8 Å². The highest BCUT2D eigenvalue weighted by Crippen LogP contribution is 2.35. The van der Waals surface area contributed by atoms with Crippen LogP contribution in [0.2, 0.25) is 0 Å². The molecule has 1 rings (SSSR count). The van der Waals surface area contributed by atoms with E-state index in [-0.39, 0.29) is 0 Å². The Morgan fingerprint density at radius 1 is 1.04 bits per heavy atom. The van der Waals surface area contributed by atoms with Gasteiger partial charge in [-0.1, -0.05) is 51.7 Å². The zero-order chi connectivity index (χ0) is 18.2. The zero-order valence-electron chi connectivity index (χ0n) is 14.5. The van der Waals surface area contributed by atoms with E-state index in [0.717, 1.165) is 25.7 Å². The van der Waals surface area contributed by atoms with Crippen LogP contribution < -0.4 is 10.1 Å². The molecule has 0 saturated heterocycles. The van der Waals surface area contributed by atoms with Crippen molar-refractivity contribution >= 4 is 5.91 Å². The number of ether oxygens (including phenoxy) is 1. The van der Waals surface area contributed by atoms with Crippen LogP contribution in [-0.4, -0.2) is 19.2 Å². The van der Waals surface area contributed by atoms with Gasteiger partial charge in [-0.05, 0) is 30.5 Å². The highest BCUT2D eigenvalue weighted by atomic mass is 19.4. The Labute approximate surface area is 141 Å². The molecule has 0 aliphatic carbocycles. The largest absolute Gasteiger partial charge is 0.497 e. The average Bonchev–Trinajstić information content (AvgIpc) is 2.56. The normalized spacial score (nSPS) is 12.1. The predicted molar refractivity (Wildman–Crippen MR) is 87.9 cm³/mol. The van der Waals surface area contributed by atoms with Crippen LogP contribution in [0.15, 0.2) is 24.3 Å². The second kappa shape index (κ2) is 8.94. The number of carbonyl (C=O) groups is 1. The van der Waals surface area contributed by atoms with Crippen molar-refractivity contribution in [2.75, 3.05) is 7.11 Å². The summed E-state index contributed by atoms with van der Waals surface area (Å²) in [5, 5.41) is 2.29. The Bertz CT molecular complexity index is 504. The van der Waals surface area contributed by atoms with Gasteiger partial charge < -0.3 is 10.1 Å². The first kappa shape index (κ1) is 20.3. The Kier molecular flexibility index (Phi) is 7.58. The van der Waals surface area contributed by atoms with Crippen LogP contribution in [0.25, 0.3) is 0 Å². The maximum Gasteiger partial charge on any atom is 0.471 e. The Morgan fingerprint density at radius 2 is 1.54 bits per heavy atom. The zero-order valence-corrected chi connectivity index (χ0v) is 14.5. The van der Waals surface area contributed by atoms with Crippen LogP contribution in [0.3, 0.4) is 0 Å². The van der Waals surface area contributed by atoms with E-state index in [4.69, 9.17) is 4.74 Å². The Balaban J connectivity index is 3.24. The number of hydrogen-bond acceptors (Lipinski definition) is 2. The summed E-state index contributed by atoms with van der Waals surface area (Å²) >= 11 is 0.